The van der Waals surface area contributed by atoms with Crippen LogP contribution in [0, 0.1) is 12.8 Å². The highest BCUT2D eigenvalue weighted by atomic mass is 16.5. The Hall–Kier alpha value is -1.42. The molecule has 1 atom stereocenters. The second kappa shape index (κ2) is 7.11. The first kappa shape index (κ1) is 14.6. The molecule has 0 saturated carbocycles. The van der Waals surface area contributed by atoms with Crippen LogP contribution < -0.4 is 20.5 Å². The summed E-state index contributed by atoms with van der Waals surface area (Å²) in [6.45, 7) is 5.79. The molecule has 1 rings (SSSR count). The molecule has 0 aliphatic carbocycles. The molecule has 1 unspecified atom stereocenters. The van der Waals surface area contributed by atoms with Crippen LogP contribution >= 0.6 is 0 Å². The first-order valence-corrected chi connectivity index (χ1v) is 6.29. The lowest BCUT2D eigenvalue weighted by Gasteiger charge is -2.17. The summed E-state index contributed by atoms with van der Waals surface area (Å²) in [5.41, 5.74) is 7.56. The summed E-state index contributed by atoms with van der Waals surface area (Å²) in [5, 5.41) is 3.40. The molecule has 102 valence electrons. The van der Waals surface area contributed by atoms with E-state index in [2.05, 4.69) is 12.2 Å². The number of hydrogen-bond donors (Lipinski definition) is 2. The van der Waals surface area contributed by atoms with E-state index in [9.17, 15) is 0 Å². The van der Waals surface area contributed by atoms with Gasteiger partial charge in [-0.25, -0.2) is 0 Å². The van der Waals surface area contributed by atoms with Crippen molar-refractivity contribution in [2.45, 2.75) is 20.3 Å². The van der Waals surface area contributed by atoms with Gasteiger partial charge in [-0.05, 0) is 37.9 Å². The van der Waals surface area contributed by atoms with Crippen molar-refractivity contribution in [3.63, 3.8) is 0 Å². The van der Waals surface area contributed by atoms with E-state index in [1.165, 1.54) is 0 Å². The summed E-state index contributed by atoms with van der Waals surface area (Å²) in [4.78, 5) is 0. The Morgan fingerprint density at radius 1 is 1.28 bits per heavy atom. The van der Waals surface area contributed by atoms with Crippen molar-refractivity contribution in [3.8, 4) is 11.5 Å². The average molecular weight is 252 g/mol. The summed E-state index contributed by atoms with van der Waals surface area (Å²) in [7, 11) is 3.34. The van der Waals surface area contributed by atoms with Gasteiger partial charge in [0.2, 0.25) is 0 Å². The Labute approximate surface area is 109 Å². The van der Waals surface area contributed by atoms with Gasteiger partial charge in [-0.15, -0.1) is 0 Å². The number of methoxy groups -OCH3 is 2. The third-order valence-corrected chi connectivity index (χ3v) is 3.08. The molecule has 0 heterocycles. The zero-order valence-electron chi connectivity index (χ0n) is 11.7. The van der Waals surface area contributed by atoms with Gasteiger partial charge in [0.05, 0.1) is 19.9 Å². The fourth-order valence-electron chi connectivity index (χ4n) is 1.97. The molecule has 0 aliphatic rings. The van der Waals surface area contributed by atoms with Crippen LogP contribution in [0.4, 0.5) is 5.69 Å². The maximum absolute atomic E-state index is 5.55. The summed E-state index contributed by atoms with van der Waals surface area (Å²) >= 11 is 0. The Morgan fingerprint density at radius 2 is 2.00 bits per heavy atom. The predicted molar refractivity (Wildman–Crippen MR) is 75.6 cm³/mol. The average Bonchev–Trinajstić information content (AvgIpc) is 2.36. The number of rotatable bonds is 7. The molecule has 4 nitrogen and oxygen atoms in total. The van der Waals surface area contributed by atoms with Crippen molar-refractivity contribution in [2.24, 2.45) is 11.7 Å². The van der Waals surface area contributed by atoms with Crippen LogP contribution in [0.2, 0.25) is 0 Å². The molecule has 0 radical (unpaired) electrons. The van der Waals surface area contributed by atoms with Gasteiger partial charge in [0.1, 0.15) is 11.5 Å². The number of nitrogens with two attached hydrogens (primary N) is 1. The molecular weight excluding hydrogens is 228 g/mol. The Kier molecular flexibility index (Phi) is 5.78. The monoisotopic (exact) mass is 252 g/mol. The van der Waals surface area contributed by atoms with Crippen molar-refractivity contribution >= 4 is 5.69 Å². The smallest absolute Gasteiger partial charge is 0.148 e. The van der Waals surface area contributed by atoms with Crippen LogP contribution in [0.15, 0.2) is 12.1 Å². The van der Waals surface area contributed by atoms with E-state index in [-0.39, 0.29) is 0 Å². The molecule has 0 aromatic heterocycles. The zero-order valence-corrected chi connectivity index (χ0v) is 11.7. The largest absolute Gasteiger partial charge is 0.496 e. The highest BCUT2D eigenvalue weighted by Crippen LogP contribution is 2.34. The van der Waals surface area contributed by atoms with Gasteiger partial charge in [0, 0.05) is 12.1 Å². The van der Waals surface area contributed by atoms with Gasteiger partial charge >= 0.3 is 0 Å². The standard InChI is InChI=1S/C14H24N2O2/c1-10(7-8-15)9-16-12-5-6-13(17-3)11(2)14(12)18-4/h5-6,10,16H,7-9,15H2,1-4H3. The molecular formula is C14H24N2O2. The number of benzene rings is 1. The fourth-order valence-corrected chi connectivity index (χ4v) is 1.97. The van der Waals surface area contributed by atoms with Crippen molar-refractivity contribution in [1.29, 1.82) is 0 Å². The van der Waals surface area contributed by atoms with E-state index in [1.54, 1.807) is 14.2 Å². The fraction of sp³-hybridized carbons (Fsp3) is 0.571. The minimum atomic E-state index is 0.544. The van der Waals surface area contributed by atoms with Crippen LogP contribution in [0.25, 0.3) is 0 Å². The van der Waals surface area contributed by atoms with Crippen LogP contribution in [0.1, 0.15) is 18.9 Å². The molecule has 0 saturated heterocycles. The molecule has 1 aromatic rings. The molecule has 0 spiro atoms. The van der Waals surface area contributed by atoms with Gasteiger partial charge in [0.15, 0.2) is 0 Å². The quantitative estimate of drug-likeness (QED) is 0.782. The lowest BCUT2D eigenvalue weighted by atomic mass is 10.1. The Morgan fingerprint density at radius 3 is 2.56 bits per heavy atom. The molecule has 0 bridgehead atoms. The summed E-state index contributed by atoms with van der Waals surface area (Å²) in [6, 6.07) is 3.94. The number of nitrogens with one attached hydrogen (secondary N) is 1. The van der Waals surface area contributed by atoms with E-state index < -0.39 is 0 Å². The SMILES string of the molecule is COc1ccc(NCC(C)CCN)c(OC)c1C. The maximum Gasteiger partial charge on any atom is 0.148 e. The molecule has 4 heteroatoms. The molecule has 0 aliphatic heterocycles. The van der Waals surface area contributed by atoms with Gasteiger partial charge in [-0.3, -0.25) is 0 Å². The van der Waals surface area contributed by atoms with Crippen molar-refractivity contribution in [2.75, 3.05) is 32.6 Å². The van der Waals surface area contributed by atoms with Crippen LogP contribution in [-0.4, -0.2) is 27.3 Å². The minimum Gasteiger partial charge on any atom is -0.496 e. The van der Waals surface area contributed by atoms with E-state index in [0.717, 1.165) is 42.3 Å². The normalized spacial score (nSPS) is 12.1. The first-order chi connectivity index (χ1) is 8.63. The van der Waals surface area contributed by atoms with Crippen LogP contribution in [-0.2, 0) is 0 Å². The number of ether oxygens (including phenoxy) is 2. The molecule has 0 fully saturated rings. The van der Waals surface area contributed by atoms with Crippen molar-refractivity contribution in [3.05, 3.63) is 17.7 Å². The Balaban J connectivity index is 2.79. The lowest BCUT2D eigenvalue weighted by molar-refractivity contribution is 0.389. The molecule has 3 N–H and O–H groups in total. The molecule has 1 aromatic carbocycles. The van der Waals surface area contributed by atoms with Gasteiger partial charge in [-0.1, -0.05) is 6.92 Å². The van der Waals surface area contributed by atoms with Gasteiger partial charge < -0.3 is 20.5 Å². The minimum absolute atomic E-state index is 0.544. The van der Waals surface area contributed by atoms with E-state index in [0.29, 0.717) is 5.92 Å². The molecule has 18 heavy (non-hydrogen) atoms. The third-order valence-electron chi connectivity index (χ3n) is 3.08. The summed E-state index contributed by atoms with van der Waals surface area (Å²) in [5.74, 6) is 2.23. The van der Waals surface area contributed by atoms with Crippen LogP contribution in [0.5, 0.6) is 11.5 Å². The van der Waals surface area contributed by atoms with E-state index in [4.69, 9.17) is 15.2 Å². The first-order valence-electron chi connectivity index (χ1n) is 6.29. The lowest BCUT2D eigenvalue weighted by Crippen LogP contribution is -2.15. The highest BCUT2D eigenvalue weighted by Gasteiger charge is 2.11. The Bertz CT molecular complexity index is 380. The predicted octanol–water partition coefficient (Wildman–Crippen LogP) is 2.41. The maximum atomic E-state index is 5.55. The molecule has 0 amide bonds. The van der Waals surface area contributed by atoms with Gasteiger partial charge in [0.25, 0.3) is 0 Å². The number of hydrogen-bond acceptors (Lipinski definition) is 4. The van der Waals surface area contributed by atoms with E-state index in [1.807, 2.05) is 19.1 Å². The summed E-state index contributed by atoms with van der Waals surface area (Å²) < 4.78 is 10.7. The third kappa shape index (κ3) is 3.53. The number of anilines is 1. The van der Waals surface area contributed by atoms with Crippen molar-refractivity contribution in [1.82, 2.24) is 0 Å². The van der Waals surface area contributed by atoms with E-state index >= 15 is 0 Å². The summed E-state index contributed by atoms with van der Waals surface area (Å²) in [6.07, 6.45) is 1.02. The topological polar surface area (TPSA) is 56.5 Å². The van der Waals surface area contributed by atoms with Crippen LogP contribution in [0.3, 0.4) is 0 Å². The highest BCUT2D eigenvalue weighted by molar-refractivity contribution is 5.63. The van der Waals surface area contributed by atoms with Crippen molar-refractivity contribution < 1.29 is 9.47 Å². The second-order valence-electron chi connectivity index (χ2n) is 4.54. The van der Waals surface area contributed by atoms with Gasteiger partial charge in [-0.2, -0.15) is 0 Å². The zero-order chi connectivity index (χ0) is 13.5. The second-order valence-corrected chi connectivity index (χ2v) is 4.54.